The van der Waals surface area contributed by atoms with Crippen LogP contribution >= 0.6 is 0 Å². The van der Waals surface area contributed by atoms with Crippen molar-refractivity contribution in [1.82, 2.24) is 5.32 Å². The van der Waals surface area contributed by atoms with Crippen LogP contribution in [0.15, 0.2) is 60.7 Å². The average molecular weight is 331 g/mol. The maximum atomic E-state index is 12.7. The van der Waals surface area contributed by atoms with E-state index in [2.05, 4.69) is 36.5 Å². The minimum atomic E-state index is 0.0196. The van der Waals surface area contributed by atoms with E-state index in [-0.39, 0.29) is 11.9 Å². The molecule has 3 aromatic carbocycles. The molecule has 1 N–H and O–H groups in total. The highest BCUT2D eigenvalue weighted by molar-refractivity contribution is 5.90. The van der Waals surface area contributed by atoms with Crippen molar-refractivity contribution in [2.45, 2.75) is 25.8 Å². The smallest absolute Gasteiger partial charge is 0.224 e. The van der Waals surface area contributed by atoms with Gasteiger partial charge in [0, 0.05) is 12.0 Å². The first-order chi connectivity index (χ1) is 12.2. The molecule has 126 valence electrons. The van der Waals surface area contributed by atoms with E-state index in [1.54, 1.807) is 0 Å². The van der Waals surface area contributed by atoms with Gasteiger partial charge in [0.15, 0.2) is 0 Å². The van der Waals surface area contributed by atoms with Crippen molar-refractivity contribution in [2.24, 2.45) is 0 Å². The highest BCUT2D eigenvalue weighted by Gasteiger charge is 2.23. The quantitative estimate of drug-likeness (QED) is 0.776. The molecular weight excluding hydrogens is 310 g/mol. The average Bonchev–Trinajstić information content (AvgIpc) is 2.62. The van der Waals surface area contributed by atoms with Gasteiger partial charge in [0.1, 0.15) is 5.75 Å². The molecule has 1 amide bonds. The molecule has 1 heterocycles. The second-order valence-corrected chi connectivity index (χ2v) is 6.61. The number of hydrogen-bond acceptors (Lipinski definition) is 2. The maximum absolute atomic E-state index is 12.7. The fourth-order valence-corrected chi connectivity index (χ4v) is 3.53. The van der Waals surface area contributed by atoms with Crippen molar-refractivity contribution in [3.8, 4) is 5.75 Å². The number of aryl methyl sites for hydroxylation is 1. The van der Waals surface area contributed by atoms with E-state index in [0.29, 0.717) is 13.0 Å². The van der Waals surface area contributed by atoms with E-state index in [0.717, 1.165) is 28.7 Å². The van der Waals surface area contributed by atoms with Gasteiger partial charge in [0.05, 0.1) is 19.1 Å². The normalized spacial score (nSPS) is 16.1. The lowest BCUT2D eigenvalue weighted by Gasteiger charge is -2.27. The molecule has 3 heteroatoms. The number of fused-ring (bicyclic) bond motifs is 2. The molecule has 4 rings (SSSR count). The fourth-order valence-electron chi connectivity index (χ4n) is 3.53. The summed E-state index contributed by atoms with van der Waals surface area (Å²) in [5.74, 6) is 0.933. The standard InChI is InChI=1S/C22H21NO2/c1-15-9-10-21-19(13-15)20(11-12-25-21)23-22(24)14-17-7-4-6-16-5-2-3-8-18(16)17/h2-10,13,20H,11-12,14H2,1H3,(H,23,24). The van der Waals surface area contributed by atoms with E-state index in [4.69, 9.17) is 4.74 Å². The van der Waals surface area contributed by atoms with Crippen LogP contribution in [-0.2, 0) is 11.2 Å². The van der Waals surface area contributed by atoms with Crippen LogP contribution in [0, 0.1) is 6.92 Å². The summed E-state index contributed by atoms with van der Waals surface area (Å²) in [6.07, 6.45) is 1.19. The van der Waals surface area contributed by atoms with Gasteiger partial charge < -0.3 is 10.1 Å². The number of hydrogen-bond donors (Lipinski definition) is 1. The molecule has 0 radical (unpaired) electrons. The first kappa shape index (κ1) is 15.7. The van der Waals surface area contributed by atoms with Gasteiger partial charge in [0.2, 0.25) is 5.91 Å². The molecule has 1 aliphatic heterocycles. The van der Waals surface area contributed by atoms with Crippen LogP contribution in [0.4, 0.5) is 0 Å². The molecule has 0 aliphatic carbocycles. The van der Waals surface area contributed by atoms with E-state index in [9.17, 15) is 4.79 Å². The topological polar surface area (TPSA) is 38.3 Å². The largest absolute Gasteiger partial charge is 0.493 e. The first-order valence-electron chi connectivity index (χ1n) is 8.70. The van der Waals surface area contributed by atoms with Crippen LogP contribution in [0.3, 0.4) is 0 Å². The van der Waals surface area contributed by atoms with Crippen LogP contribution in [0.5, 0.6) is 5.75 Å². The predicted molar refractivity (Wildman–Crippen MR) is 99.8 cm³/mol. The number of amides is 1. The van der Waals surface area contributed by atoms with Crippen LogP contribution < -0.4 is 10.1 Å². The van der Waals surface area contributed by atoms with E-state index < -0.39 is 0 Å². The molecule has 0 aromatic heterocycles. The Balaban J connectivity index is 1.54. The summed E-state index contributed by atoms with van der Waals surface area (Å²) in [5, 5.41) is 5.51. The number of rotatable bonds is 3. The van der Waals surface area contributed by atoms with E-state index in [1.165, 1.54) is 10.9 Å². The third-order valence-corrected chi connectivity index (χ3v) is 4.77. The Morgan fingerprint density at radius 2 is 1.96 bits per heavy atom. The lowest BCUT2D eigenvalue weighted by Crippen LogP contribution is -2.33. The summed E-state index contributed by atoms with van der Waals surface area (Å²) in [4.78, 5) is 12.7. The summed E-state index contributed by atoms with van der Waals surface area (Å²) in [6.45, 7) is 2.69. The van der Waals surface area contributed by atoms with Crippen LogP contribution in [-0.4, -0.2) is 12.5 Å². The fraction of sp³-hybridized carbons (Fsp3) is 0.227. The number of ether oxygens (including phenoxy) is 1. The lowest BCUT2D eigenvalue weighted by atomic mass is 9.97. The van der Waals surface area contributed by atoms with Crippen molar-refractivity contribution < 1.29 is 9.53 Å². The zero-order valence-corrected chi connectivity index (χ0v) is 14.3. The molecule has 3 nitrogen and oxygen atoms in total. The van der Waals surface area contributed by atoms with Gasteiger partial charge in [0.25, 0.3) is 0 Å². The van der Waals surface area contributed by atoms with Gasteiger partial charge in [-0.05, 0) is 29.3 Å². The molecular formula is C22H21NO2. The van der Waals surface area contributed by atoms with Crippen molar-refractivity contribution in [3.05, 3.63) is 77.4 Å². The number of carbonyl (C=O) groups excluding carboxylic acids is 1. The molecule has 0 saturated carbocycles. The summed E-state index contributed by atoms with van der Waals surface area (Å²) in [5.41, 5.74) is 3.32. The highest BCUT2D eigenvalue weighted by Crippen LogP contribution is 2.32. The SMILES string of the molecule is Cc1ccc2c(c1)C(NC(=O)Cc1cccc3ccccc13)CCO2. The Bertz CT molecular complexity index is 927. The van der Waals surface area contributed by atoms with Crippen molar-refractivity contribution >= 4 is 16.7 Å². The molecule has 0 spiro atoms. The Labute approximate surface area is 147 Å². The number of benzene rings is 3. The minimum absolute atomic E-state index is 0.0196. The molecule has 1 aliphatic rings. The van der Waals surface area contributed by atoms with Gasteiger partial charge in [-0.25, -0.2) is 0 Å². The van der Waals surface area contributed by atoms with Crippen molar-refractivity contribution in [2.75, 3.05) is 6.61 Å². The summed E-state index contributed by atoms with van der Waals surface area (Å²) >= 11 is 0. The maximum Gasteiger partial charge on any atom is 0.224 e. The van der Waals surface area contributed by atoms with Crippen LogP contribution in [0.25, 0.3) is 10.8 Å². The zero-order valence-electron chi connectivity index (χ0n) is 14.3. The van der Waals surface area contributed by atoms with Gasteiger partial charge in [-0.1, -0.05) is 60.2 Å². The number of nitrogens with one attached hydrogen (secondary N) is 1. The zero-order chi connectivity index (χ0) is 17.2. The summed E-state index contributed by atoms with van der Waals surface area (Å²) in [7, 11) is 0. The second-order valence-electron chi connectivity index (χ2n) is 6.61. The van der Waals surface area contributed by atoms with Crippen molar-refractivity contribution in [1.29, 1.82) is 0 Å². The Morgan fingerprint density at radius 3 is 2.88 bits per heavy atom. The van der Waals surface area contributed by atoms with Gasteiger partial charge in [-0.3, -0.25) is 4.79 Å². The lowest BCUT2D eigenvalue weighted by molar-refractivity contribution is -0.121. The van der Waals surface area contributed by atoms with E-state index in [1.807, 2.05) is 36.4 Å². The molecule has 25 heavy (non-hydrogen) atoms. The van der Waals surface area contributed by atoms with Gasteiger partial charge >= 0.3 is 0 Å². The highest BCUT2D eigenvalue weighted by atomic mass is 16.5. The molecule has 3 aromatic rings. The first-order valence-corrected chi connectivity index (χ1v) is 8.70. The Hall–Kier alpha value is -2.81. The monoisotopic (exact) mass is 331 g/mol. The van der Waals surface area contributed by atoms with Gasteiger partial charge in [-0.2, -0.15) is 0 Å². The van der Waals surface area contributed by atoms with Gasteiger partial charge in [-0.15, -0.1) is 0 Å². The Kier molecular flexibility index (Phi) is 4.14. The Morgan fingerprint density at radius 1 is 1.12 bits per heavy atom. The third kappa shape index (κ3) is 3.22. The van der Waals surface area contributed by atoms with Crippen LogP contribution in [0.1, 0.15) is 29.2 Å². The number of carbonyl (C=O) groups is 1. The molecule has 1 atom stereocenters. The molecule has 0 bridgehead atoms. The molecule has 0 saturated heterocycles. The third-order valence-electron chi connectivity index (χ3n) is 4.77. The van der Waals surface area contributed by atoms with E-state index >= 15 is 0 Å². The predicted octanol–water partition coefficient (Wildman–Crippen LogP) is 4.33. The minimum Gasteiger partial charge on any atom is -0.493 e. The molecule has 1 unspecified atom stereocenters. The second kappa shape index (κ2) is 6.60. The summed E-state index contributed by atoms with van der Waals surface area (Å²) < 4.78 is 5.71. The van der Waals surface area contributed by atoms with Crippen molar-refractivity contribution in [3.63, 3.8) is 0 Å². The van der Waals surface area contributed by atoms with Crippen LogP contribution in [0.2, 0.25) is 0 Å². The molecule has 0 fully saturated rings. The summed E-state index contributed by atoms with van der Waals surface area (Å²) in [6, 6.07) is 20.5.